The Labute approximate surface area is 99.5 Å². The first-order valence-electron chi connectivity index (χ1n) is 6.80. The van der Waals surface area contributed by atoms with Crippen LogP contribution in [0.15, 0.2) is 0 Å². The Morgan fingerprint density at radius 1 is 1.38 bits per heavy atom. The zero-order chi connectivity index (χ0) is 11.4. The average molecular weight is 226 g/mol. The van der Waals surface area contributed by atoms with E-state index in [1.807, 2.05) is 0 Å². The monoisotopic (exact) mass is 226 g/mol. The first kappa shape index (κ1) is 12.3. The number of nitrogens with one attached hydrogen (secondary N) is 1. The van der Waals surface area contributed by atoms with Crippen molar-refractivity contribution >= 4 is 0 Å². The van der Waals surface area contributed by atoms with Gasteiger partial charge < -0.3 is 15.0 Å². The highest BCUT2D eigenvalue weighted by Crippen LogP contribution is 2.34. The maximum absolute atomic E-state index is 5.58. The van der Waals surface area contributed by atoms with Crippen LogP contribution in [0.4, 0.5) is 0 Å². The summed E-state index contributed by atoms with van der Waals surface area (Å²) in [4.78, 5) is 2.49. The van der Waals surface area contributed by atoms with Crippen LogP contribution in [0.25, 0.3) is 0 Å². The molecule has 2 atom stereocenters. The van der Waals surface area contributed by atoms with Gasteiger partial charge in [0.2, 0.25) is 0 Å². The number of rotatable bonds is 7. The lowest BCUT2D eigenvalue weighted by molar-refractivity contribution is 0.109. The van der Waals surface area contributed by atoms with Crippen LogP contribution in [0.2, 0.25) is 0 Å². The number of ether oxygens (including phenoxy) is 1. The lowest BCUT2D eigenvalue weighted by atomic mass is 10.2. The minimum atomic E-state index is 0.478. The molecule has 0 amide bonds. The van der Waals surface area contributed by atoms with E-state index in [-0.39, 0.29) is 0 Å². The summed E-state index contributed by atoms with van der Waals surface area (Å²) in [5.41, 5.74) is 0. The molecule has 0 aromatic carbocycles. The molecule has 2 rings (SSSR count). The fourth-order valence-corrected chi connectivity index (χ4v) is 2.47. The van der Waals surface area contributed by atoms with E-state index in [1.54, 1.807) is 0 Å². The molecule has 2 unspecified atom stereocenters. The summed E-state index contributed by atoms with van der Waals surface area (Å²) < 4.78 is 5.58. The molecular weight excluding hydrogens is 200 g/mol. The van der Waals surface area contributed by atoms with Crippen molar-refractivity contribution in [2.75, 3.05) is 33.3 Å². The summed E-state index contributed by atoms with van der Waals surface area (Å²) in [7, 11) is 2.25. The van der Waals surface area contributed by atoms with Gasteiger partial charge in [0.25, 0.3) is 0 Å². The van der Waals surface area contributed by atoms with Gasteiger partial charge in [0.05, 0.1) is 6.10 Å². The van der Waals surface area contributed by atoms with Crippen LogP contribution in [0.1, 0.15) is 32.6 Å². The van der Waals surface area contributed by atoms with Gasteiger partial charge in [0, 0.05) is 32.3 Å². The highest BCUT2D eigenvalue weighted by Gasteiger charge is 2.30. The summed E-state index contributed by atoms with van der Waals surface area (Å²) in [6.45, 7) is 6.60. The van der Waals surface area contributed by atoms with E-state index < -0.39 is 0 Å². The van der Waals surface area contributed by atoms with Gasteiger partial charge in [-0.2, -0.15) is 0 Å². The van der Waals surface area contributed by atoms with Gasteiger partial charge >= 0.3 is 0 Å². The fourth-order valence-electron chi connectivity index (χ4n) is 2.47. The van der Waals surface area contributed by atoms with Crippen LogP contribution in [0.5, 0.6) is 0 Å². The molecule has 1 aliphatic heterocycles. The maximum atomic E-state index is 5.58. The van der Waals surface area contributed by atoms with Crippen LogP contribution in [0, 0.1) is 5.92 Å². The standard InChI is InChI=1S/C13H26N2O/c1-11(12-5-6-12)15(2)8-7-14-10-13-4-3-9-16-13/h11-14H,3-10H2,1-2H3. The molecule has 1 aliphatic carbocycles. The molecule has 2 fully saturated rings. The Balaban J connectivity index is 1.49. The molecular formula is C13H26N2O. The van der Waals surface area contributed by atoms with E-state index in [0.29, 0.717) is 6.10 Å². The fraction of sp³-hybridized carbons (Fsp3) is 1.00. The van der Waals surface area contributed by atoms with E-state index in [2.05, 4.69) is 24.2 Å². The minimum absolute atomic E-state index is 0.478. The zero-order valence-electron chi connectivity index (χ0n) is 10.7. The normalized spacial score (nSPS) is 27.6. The highest BCUT2D eigenvalue weighted by atomic mass is 16.5. The Morgan fingerprint density at radius 2 is 2.19 bits per heavy atom. The Kier molecular flexibility index (Phi) is 4.62. The SMILES string of the molecule is CC(C1CC1)N(C)CCNCC1CCCO1. The second-order valence-corrected chi connectivity index (χ2v) is 5.40. The van der Waals surface area contributed by atoms with Gasteiger partial charge in [-0.3, -0.25) is 0 Å². The lowest BCUT2D eigenvalue weighted by Gasteiger charge is -2.24. The molecule has 0 bridgehead atoms. The Bertz CT molecular complexity index is 200. The summed E-state index contributed by atoms with van der Waals surface area (Å²) in [5.74, 6) is 0.975. The van der Waals surface area contributed by atoms with Gasteiger partial charge in [0.15, 0.2) is 0 Å². The van der Waals surface area contributed by atoms with Crippen LogP contribution in [-0.4, -0.2) is 50.3 Å². The Hall–Kier alpha value is -0.120. The van der Waals surface area contributed by atoms with Crippen LogP contribution >= 0.6 is 0 Å². The van der Waals surface area contributed by atoms with Crippen molar-refractivity contribution in [3.8, 4) is 0 Å². The molecule has 94 valence electrons. The molecule has 3 nitrogen and oxygen atoms in total. The second-order valence-electron chi connectivity index (χ2n) is 5.40. The van der Waals surface area contributed by atoms with Gasteiger partial charge in [0.1, 0.15) is 0 Å². The van der Waals surface area contributed by atoms with Crippen LogP contribution < -0.4 is 5.32 Å². The maximum Gasteiger partial charge on any atom is 0.0700 e. The second kappa shape index (κ2) is 5.99. The summed E-state index contributed by atoms with van der Waals surface area (Å²) >= 11 is 0. The zero-order valence-corrected chi connectivity index (χ0v) is 10.7. The Morgan fingerprint density at radius 3 is 2.81 bits per heavy atom. The number of nitrogens with zero attached hydrogens (tertiary/aromatic N) is 1. The van der Waals surface area contributed by atoms with Crippen molar-refractivity contribution in [2.45, 2.75) is 44.8 Å². The third-order valence-corrected chi connectivity index (χ3v) is 4.04. The molecule has 1 heterocycles. The smallest absolute Gasteiger partial charge is 0.0700 e. The third kappa shape index (κ3) is 3.72. The molecule has 0 radical (unpaired) electrons. The van der Waals surface area contributed by atoms with Crippen LogP contribution in [0.3, 0.4) is 0 Å². The minimum Gasteiger partial charge on any atom is -0.377 e. The number of hydrogen-bond acceptors (Lipinski definition) is 3. The van der Waals surface area contributed by atoms with Crippen molar-refractivity contribution < 1.29 is 4.74 Å². The van der Waals surface area contributed by atoms with E-state index in [1.165, 1.54) is 25.7 Å². The molecule has 0 aromatic heterocycles. The third-order valence-electron chi connectivity index (χ3n) is 4.04. The molecule has 1 saturated carbocycles. The van der Waals surface area contributed by atoms with E-state index in [9.17, 15) is 0 Å². The largest absolute Gasteiger partial charge is 0.377 e. The molecule has 1 saturated heterocycles. The summed E-state index contributed by atoms with van der Waals surface area (Å²) in [6, 6.07) is 0.768. The van der Waals surface area contributed by atoms with Crippen molar-refractivity contribution in [3.63, 3.8) is 0 Å². The van der Waals surface area contributed by atoms with Crippen molar-refractivity contribution in [2.24, 2.45) is 5.92 Å². The lowest BCUT2D eigenvalue weighted by Crippen LogP contribution is -2.38. The van der Waals surface area contributed by atoms with Crippen molar-refractivity contribution in [3.05, 3.63) is 0 Å². The predicted molar refractivity (Wildman–Crippen MR) is 66.7 cm³/mol. The van der Waals surface area contributed by atoms with Crippen molar-refractivity contribution in [1.29, 1.82) is 0 Å². The molecule has 3 heteroatoms. The van der Waals surface area contributed by atoms with E-state index >= 15 is 0 Å². The van der Waals surface area contributed by atoms with Gasteiger partial charge in [-0.1, -0.05) is 0 Å². The quantitative estimate of drug-likeness (QED) is 0.666. The molecule has 0 aromatic rings. The predicted octanol–water partition coefficient (Wildman–Crippen LogP) is 1.49. The van der Waals surface area contributed by atoms with E-state index in [4.69, 9.17) is 4.74 Å². The molecule has 0 spiro atoms. The number of likely N-dealkylation sites (N-methyl/N-ethyl adjacent to an activating group) is 1. The summed E-state index contributed by atoms with van der Waals surface area (Å²) in [5, 5.41) is 3.51. The van der Waals surface area contributed by atoms with Crippen LogP contribution in [-0.2, 0) is 4.74 Å². The molecule has 16 heavy (non-hydrogen) atoms. The first-order chi connectivity index (χ1) is 7.77. The van der Waals surface area contributed by atoms with Gasteiger partial charge in [-0.15, -0.1) is 0 Å². The highest BCUT2D eigenvalue weighted by molar-refractivity contribution is 4.84. The first-order valence-corrected chi connectivity index (χ1v) is 6.80. The topological polar surface area (TPSA) is 24.5 Å². The van der Waals surface area contributed by atoms with Gasteiger partial charge in [-0.25, -0.2) is 0 Å². The molecule has 1 N–H and O–H groups in total. The number of hydrogen-bond donors (Lipinski definition) is 1. The van der Waals surface area contributed by atoms with Gasteiger partial charge in [-0.05, 0) is 45.6 Å². The average Bonchev–Trinajstić information content (AvgIpc) is 3.01. The van der Waals surface area contributed by atoms with Crippen molar-refractivity contribution in [1.82, 2.24) is 10.2 Å². The molecule has 2 aliphatic rings. The van der Waals surface area contributed by atoms with E-state index in [0.717, 1.165) is 38.2 Å². The summed E-state index contributed by atoms with van der Waals surface area (Å²) in [6.07, 6.45) is 5.84.